The van der Waals surface area contributed by atoms with E-state index in [9.17, 15) is 14.4 Å². The van der Waals surface area contributed by atoms with Gasteiger partial charge in [0.1, 0.15) is 0 Å². The van der Waals surface area contributed by atoms with E-state index in [1.54, 1.807) is 23.1 Å². The lowest BCUT2D eigenvalue weighted by atomic mass is 10.2. The molecule has 6 nitrogen and oxygen atoms in total. The molecule has 1 fully saturated rings. The largest absolute Gasteiger partial charge is 0.351 e. The van der Waals surface area contributed by atoms with E-state index in [-0.39, 0.29) is 30.7 Å². The Bertz CT molecular complexity index is 774. The highest BCUT2D eigenvalue weighted by atomic mass is 32.1. The zero-order valence-electron chi connectivity index (χ0n) is 13.7. The fourth-order valence-corrected chi connectivity index (χ4v) is 3.32. The van der Waals surface area contributed by atoms with Crippen LogP contribution in [0.2, 0.25) is 0 Å². The van der Waals surface area contributed by atoms with E-state index in [0.717, 1.165) is 12.1 Å². The number of amides is 3. The Labute approximate surface area is 149 Å². The van der Waals surface area contributed by atoms with Gasteiger partial charge in [0.25, 0.3) is 5.91 Å². The maximum Gasteiger partial charge on any atom is 0.261 e. The summed E-state index contributed by atoms with van der Waals surface area (Å²) >= 11 is 1.36. The SMILES string of the molecule is O=C(CCNC(=O)c1cccs1)Nc1cccc(N2CCCC2=O)c1. The first kappa shape index (κ1) is 17.2. The van der Waals surface area contributed by atoms with Crippen LogP contribution in [0.5, 0.6) is 0 Å². The van der Waals surface area contributed by atoms with Crippen LogP contribution < -0.4 is 15.5 Å². The van der Waals surface area contributed by atoms with Gasteiger partial charge >= 0.3 is 0 Å². The highest BCUT2D eigenvalue weighted by Crippen LogP contribution is 2.24. The minimum absolute atomic E-state index is 0.111. The number of carbonyl (C=O) groups is 3. The van der Waals surface area contributed by atoms with Gasteiger partial charge in [0.05, 0.1) is 4.88 Å². The molecule has 25 heavy (non-hydrogen) atoms. The first-order chi connectivity index (χ1) is 12.1. The van der Waals surface area contributed by atoms with Crippen molar-refractivity contribution in [1.82, 2.24) is 5.32 Å². The van der Waals surface area contributed by atoms with Crippen molar-refractivity contribution in [2.75, 3.05) is 23.3 Å². The zero-order chi connectivity index (χ0) is 17.6. The van der Waals surface area contributed by atoms with Gasteiger partial charge in [0.2, 0.25) is 11.8 Å². The molecular weight excluding hydrogens is 338 g/mol. The predicted molar refractivity (Wildman–Crippen MR) is 97.9 cm³/mol. The number of hydrogen-bond acceptors (Lipinski definition) is 4. The van der Waals surface area contributed by atoms with E-state index in [4.69, 9.17) is 0 Å². The molecule has 7 heteroatoms. The highest BCUT2D eigenvalue weighted by Gasteiger charge is 2.21. The third-order valence-corrected chi connectivity index (χ3v) is 4.77. The summed E-state index contributed by atoms with van der Waals surface area (Å²) in [5.41, 5.74) is 1.44. The molecule has 1 aromatic carbocycles. The van der Waals surface area contributed by atoms with Gasteiger partial charge in [-0.1, -0.05) is 12.1 Å². The molecule has 2 heterocycles. The molecule has 1 aromatic heterocycles. The number of nitrogens with one attached hydrogen (secondary N) is 2. The lowest BCUT2D eigenvalue weighted by Crippen LogP contribution is -2.27. The van der Waals surface area contributed by atoms with Crippen molar-refractivity contribution in [1.29, 1.82) is 0 Å². The predicted octanol–water partition coefficient (Wildman–Crippen LogP) is 2.63. The Balaban J connectivity index is 1.49. The Morgan fingerprint density at radius 2 is 2.08 bits per heavy atom. The van der Waals surface area contributed by atoms with Crippen LogP contribution in [0.4, 0.5) is 11.4 Å². The third kappa shape index (κ3) is 4.45. The molecule has 1 aliphatic rings. The number of hydrogen-bond donors (Lipinski definition) is 2. The average Bonchev–Trinajstić information content (AvgIpc) is 3.26. The molecule has 3 amide bonds. The lowest BCUT2D eigenvalue weighted by molar-refractivity contribution is -0.117. The zero-order valence-corrected chi connectivity index (χ0v) is 14.5. The first-order valence-corrected chi connectivity index (χ1v) is 9.03. The molecule has 0 bridgehead atoms. The normalized spacial score (nSPS) is 13.8. The summed E-state index contributed by atoms with van der Waals surface area (Å²) in [6.45, 7) is 0.984. The summed E-state index contributed by atoms with van der Waals surface area (Å²) < 4.78 is 0. The third-order valence-electron chi connectivity index (χ3n) is 3.90. The van der Waals surface area contributed by atoms with Crippen molar-refractivity contribution in [3.05, 3.63) is 46.7 Å². The molecule has 0 atom stereocenters. The van der Waals surface area contributed by atoms with Gasteiger partial charge in [-0.2, -0.15) is 0 Å². The Morgan fingerprint density at radius 1 is 1.20 bits per heavy atom. The second-order valence-electron chi connectivity index (χ2n) is 5.73. The number of carbonyl (C=O) groups excluding carboxylic acids is 3. The molecule has 2 N–H and O–H groups in total. The molecule has 130 valence electrons. The lowest BCUT2D eigenvalue weighted by Gasteiger charge is -2.16. The summed E-state index contributed by atoms with van der Waals surface area (Å²) in [5.74, 6) is -0.242. The van der Waals surface area contributed by atoms with Gasteiger partial charge in [-0.15, -0.1) is 11.3 Å². The summed E-state index contributed by atoms with van der Waals surface area (Å²) in [6, 6.07) is 10.8. The van der Waals surface area contributed by atoms with Crippen LogP contribution in [-0.4, -0.2) is 30.8 Å². The van der Waals surface area contributed by atoms with E-state index in [1.807, 2.05) is 23.6 Å². The number of anilines is 2. The first-order valence-electron chi connectivity index (χ1n) is 8.15. The van der Waals surface area contributed by atoms with Crippen molar-refractivity contribution >= 4 is 40.4 Å². The molecule has 1 saturated heterocycles. The molecule has 0 radical (unpaired) electrons. The monoisotopic (exact) mass is 357 g/mol. The van der Waals surface area contributed by atoms with Crippen LogP contribution in [-0.2, 0) is 9.59 Å². The smallest absolute Gasteiger partial charge is 0.261 e. The van der Waals surface area contributed by atoms with Gasteiger partial charge < -0.3 is 15.5 Å². The van der Waals surface area contributed by atoms with E-state index in [1.165, 1.54) is 11.3 Å². The molecule has 0 aliphatic carbocycles. The average molecular weight is 357 g/mol. The standard InChI is InChI=1S/C18H19N3O3S/c22-16(8-9-19-18(24)15-6-3-11-25-15)20-13-4-1-5-14(12-13)21-10-2-7-17(21)23/h1,3-6,11-12H,2,7-10H2,(H,19,24)(H,20,22). The van der Waals surface area contributed by atoms with Gasteiger partial charge in [0.15, 0.2) is 0 Å². The van der Waals surface area contributed by atoms with E-state index in [0.29, 0.717) is 23.5 Å². The fourth-order valence-electron chi connectivity index (χ4n) is 2.68. The molecule has 2 aromatic rings. The number of nitrogens with zero attached hydrogens (tertiary/aromatic N) is 1. The van der Waals surface area contributed by atoms with Crippen molar-refractivity contribution in [2.24, 2.45) is 0 Å². The highest BCUT2D eigenvalue weighted by molar-refractivity contribution is 7.12. The van der Waals surface area contributed by atoms with Crippen molar-refractivity contribution in [2.45, 2.75) is 19.3 Å². The fraction of sp³-hybridized carbons (Fsp3) is 0.278. The second-order valence-corrected chi connectivity index (χ2v) is 6.68. The van der Waals surface area contributed by atoms with Gasteiger partial charge in [-0.25, -0.2) is 0 Å². The van der Waals surface area contributed by atoms with Gasteiger partial charge in [-0.05, 0) is 36.1 Å². The minimum atomic E-state index is -0.184. The van der Waals surface area contributed by atoms with E-state index < -0.39 is 0 Å². The second kappa shape index (κ2) is 7.94. The Hall–Kier alpha value is -2.67. The van der Waals surface area contributed by atoms with Crippen LogP contribution >= 0.6 is 11.3 Å². The number of rotatable bonds is 6. The maximum absolute atomic E-state index is 12.0. The van der Waals surface area contributed by atoms with E-state index >= 15 is 0 Å². The van der Waals surface area contributed by atoms with Crippen molar-refractivity contribution in [3.63, 3.8) is 0 Å². The molecule has 0 saturated carbocycles. The Morgan fingerprint density at radius 3 is 2.80 bits per heavy atom. The quantitative estimate of drug-likeness (QED) is 0.834. The molecule has 0 unspecified atom stereocenters. The Kier molecular flexibility index (Phi) is 5.45. The summed E-state index contributed by atoms with van der Waals surface area (Å²) in [7, 11) is 0. The molecule has 0 spiro atoms. The number of thiophene rings is 1. The van der Waals surface area contributed by atoms with E-state index in [2.05, 4.69) is 10.6 Å². The summed E-state index contributed by atoms with van der Waals surface area (Å²) in [6.07, 6.45) is 1.61. The minimum Gasteiger partial charge on any atom is -0.351 e. The molecular formula is C18H19N3O3S. The maximum atomic E-state index is 12.0. The number of benzene rings is 1. The van der Waals surface area contributed by atoms with Crippen LogP contribution in [0.25, 0.3) is 0 Å². The molecule has 1 aliphatic heterocycles. The van der Waals surface area contributed by atoms with Crippen molar-refractivity contribution < 1.29 is 14.4 Å². The summed E-state index contributed by atoms with van der Waals surface area (Å²) in [4.78, 5) is 38.0. The topological polar surface area (TPSA) is 78.5 Å². The van der Waals surface area contributed by atoms with Crippen LogP contribution in [0, 0.1) is 0 Å². The van der Waals surface area contributed by atoms with Crippen LogP contribution in [0.1, 0.15) is 28.9 Å². The summed E-state index contributed by atoms with van der Waals surface area (Å²) in [5, 5.41) is 7.36. The van der Waals surface area contributed by atoms with Gasteiger partial charge in [0, 0.05) is 37.3 Å². The van der Waals surface area contributed by atoms with Crippen LogP contribution in [0.3, 0.4) is 0 Å². The van der Waals surface area contributed by atoms with Gasteiger partial charge in [-0.3, -0.25) is 14.4 Å². The van der Waals surface area contributed by atoms with Crippen molar-refractivity contribution in [3.8, 4) is 0 Å². The van der Waals surface area contributed by atoms with Crippen LogP contribution in [0.15, 0.2) is 41.8 Å². The molecule has 3 rings (SSSR count).